The molecule has 0 aliphatic carbocycles. The van der Waals surface area contributed by atoms with E-state index in [1.807, 2.05) is 6.07 Å². The molecule has 0 atom stereocenters. The first kappa shape index (κ1) is 15.8. The summed E-state index contributed by atoms with van der Waals surface area (Å²) in [6, 6.07) is 6.36. The number of halogens is 1. The largest absolute Gasteiger partial charge is 0.496 e. The van der Waals surface area contributed by atoms with E-state index >= 15 is 0 Å². The van der Waals surface area contributed by atoms with Gasteiger partial charge in [-0.05, 0) is 39.5 Å². The summed E-state index contributed by atoms with van der Waals surface area (Å²) in [6.45, 7) is 11.5. The minimum absolute atomic E-state index is 0.763. The van der Waals surface area contributed by atoms with Crippen molar-refractivity contribution >= 4 is 15.9 Å². The van der Waals surface area contributed by atoms with Crippen LogP contribution < -0.4 is 4.74 Å². The molecule has 1 aliphatic heterocycles. The van der Waals surface area contributed by atoms with Crippen LogP contribution in [0.5, 0.6) is 5.75 Å². The van der Waals surface area contributed by atoms with E-state index in [0.717, 1.165) is 35.8 Å². The number of nitrogens with zero attached hydrogens (tertiary/aromatic N) is 2. The predicted octanol–water partition coefficient (Wildman–Crippen LogP) is 3.23. The average Bonchev–Trinajstić information content (AvgIpc) is 2.41. The predicted molar refractivity (Wildman–Crippen MR) is 87.2 cm³/mol. The molecule has 1 saturated heterocycles. The van der Waals surface area contributed by atoms with Crippen molar-refractivity contribution in [3.8, 4) is 5.75 Å². The topological polar surface area (TPSA) is 15.7 Å². The van der Waals surface area contributed by atoms with Gasteiger partial charge in [-0.15, -0.1) is 0 Å². The van der Waals surface area contributed by atoms with E-state index in [1.54, 1.807) is 7.11 Å². The highest BCUT2D eigenvalue weighted by Crippen LogP contribution is 2.26. The van der Waals surface area contributed by atoms with E-state index in [2.05, 4.69) is 51.7 Å². The fourth-order valence-corrected chi connectivity index (χ4v) is 3.30. The highest BCUT2D eigenvalue weighted by molar-refractivity contribution is 9.10. The summed E-state index contributed by atoms with van der Waals surface area (Å²) in [7, 11) is 1.70. The van der Waals surface area contributed by atoms with Gasteiger partial charge in [-0.25, -0.2) is 0 Å². The van der Waals surface area contributed by atoms with Crippen molar-refractivity contribution in [1.29, 1.82) is 0 Å². The fraction of sp³-hybridized carbons (Fsp3) is 0.625. The lowest BCUT2D eigenvalue weighted by Gasteiger charge is -2.35. The van der Waals surface area contributed by atoms with Gasteiger partial charge in [0.15, 0.2) is 0 Å². The Balaban J connectivity index is 1.85. The van der Waals surface area contributed by atoms with Gasteiger partial charge >= 0.3 is 0 Å². The lowest BCUT2D eigenvalue weighted by Crippen LogP contribution is -2.46. The van der Waals surface area contributed by atoms with E-state index in [0.29, 0.717) is 0 Å². The SMILES string of the molecule is COc1ccc(CN2CCN(CC(C)C)CC2)cc1Br. The number of piperazine rings is 1. The van der Waals surface area contributed by atoms with Gasteiger partial charge in [0, 0.05) is 39.3 Å². The van der Waals surface area contributed by atoms with Crippen molar-refractivity contribution < 1.29 is 4.74 Å². The lowest BCUT2D eigenvalue weighted by atomic mass is 10.1. The zero-order valence-corrected chi connectivity index (χ0v) is 14.3. The Morgan fingerprint density at radius 2 is 1.80 bits per heavy atom. The molecule has 0 bridgehead atoms. The second kappa shape index (κ2) is 7.43. The Kier molecular flexibility index (Phi) is 5.87. The quantitative estimate of drug-likeness (QED) is 0.818. The first-order valence-corrected chi connectivity index (χ1v) is 8.15. The monoisotopic (exact) mass is 340 g/mol. The van der Waals surface area contributed by atoms with Gasteiger partial charge in [-0.2, -0.15) is 0 Å². The molecule has 0 N–H and O–H groups in total. The molecule has 0 saturated carbocycles. The zero-order valence-electron chi connectivity index (χ0n) is 12.7. The van der Waals surface area contributed by atoms with Crippen molar-refractivity contribution in [3.63, 3.8) is 0 Å². The molecule has 112 valence electrons. The van der Waals surface area contributed by atoms with E-state index in [4.69, 9.17) is 4.74 Å². The number of hydrogen-bond acceptors (Lipinski definition) is 3. The molecule has 4 heteroatoms. The molecule has 1 fully saturated rings. The van der Waals surface area contributed by atoms with Gasteiger partial charge in [0.2, 0.25) is 0 Å². The van der Waals surface area contributed by atoms with Crippen LogP contribution in [0.15, 0.2) is 22.7 Å². The smallest absolute Gasteiger partial charge is 0.133 e. The second-order valence-corrected chi connectivity index (χ2v) is 6.79. The summed E-state index contributed by atoms with van der Waals surface area (Å²) < 4.78 is 6.31. The molecular weight excluding hydrogens is 316 g/mol. The van der Waals surface area contributed by atoms with Crippen LogP contribution in [0.25, 0.3) is 0 Å². The van der Waals surface area contributed by atoms with Gasteiger partial charge in [0.25, 0.3) is 0 Å². The van der Waals surface area contributed by atoms with Gasteiger partial charge in [0.1, 0.15) is 5.75 Å². The highest BCUT2D eigenvalue weighted by Gasteiger charge is 2.17. The van der Waals surface area contributed by atoms with Crippen LogP contribution in [0, 0.1) is 5.92 Å². The van der Waals surface area contributed by atoms with E-state index in [-0.39, 0.29) is 0 Å². The average molecular weight is 341 g/mol. The first-order chi connectivity index (χ1) is 9.58. The number of rotatable bonds is 5. The molecule has 0 radical (unpaired) electrons. The Morgan fingerprint density at radius 1 is 1.15 bits per heavy atom. The fourth-order valence-electron chi connectivity index (χ4n) is 2.71. The standard InChI is InChI=1S/C16H25BrN2O/c1-13(2)11-18-6-8-19(9-7-18)12-14-4-5-16(20-3)15(17)10-14/h4-5,10,13H,6-9,11-12H2,1-3H3. The van der Waals surface area contributed by atoms with E-state index in [9.17, 15) is 0 Å². The Labute approximate surface area is 131 Å². The maximum Gasteiger partial charge on any atom is 0.133 e. The molecular formula is C16H25BrN2O. The second-order valence-electron chi connectivity index (χ2n) is 5.94. The number of methoxy groups -OCH3 is 1. The van der Waals surface area contributed by atoms with Crippen LogP contribution in [0.2, 0.25) is 0 Å². The Hall–Kier alpha value is -0.580. The van der Waals surface area contributed by atoms with Crippen molar-refractivity contribution in [2.75, 3.05) is 39.8 Å². The molecule has 0 aromatic heterocycles. The summed E-state index contributed by atoms with van der Waals surface area (Å²) in [4.78, 5) is 5.11. The van der Waals surface area contributed by atoms with Crippen LogP contribution in [-0.2, 0) is 6.54 Å². The number of ether oxygens (including phenoxy) is 1. The minimum Gasteiger partial charge on any atom is -0.496 e. The number of hydrogen-bond donors (Lipinski definition) is 0. The molecule has 20 heavy (non-hydrogen) atoms. The molecule has 1 aromatic rings. The van der Waals surface area contributed by atoms with Gasteiger partial charge in [0.05, 0.1) is 11.6 Å². The van der Waals surface area contributed by atoms with Crippen LogP contribution >= 0.6 is 15.9 Å². The molecule has 1 aliphatic rings. The summed E-state index contributed by atoms with van der Waals surface area (Å²) >= 11 is 3.56. The van der Waals surface area contributed by atoms with Gasteiger partial charge in [-0.1, -0.05) is 19.9 Å². The molecule has 0 spiro atoms. The Morgan fingerprint density at radius 3 is 2.35 bits per heavy atom. The van der Waals surface area contributed by atoms with Crippen LogP contribution in [0.1, 0.15) is 19.4 Å². The lowest BCUT2D eigenvalue weighted by molar-refractivity contribution is 0.117. The van der Waals surface area contributed by atoms with Crippen LogP contribution in [0.4, 0.5) is 0 Å². The van der Waals surface area contributed by atoms with Crippen LogP contribution in [-0.4, -0.2) is 49.6 Å². The van der Waals surface area contributed by atoms with Gasteiger partial charge in [-0.3, -0.25) is 4.90 Å². The third kappa shape index (κ3) is 4.47. The molecule has 1 heterocycles. The van der Waals surface area contributed by atoms with Crippen molar-refractivity contribution in [3.05, 3.63) is 28.2 Å². The van der Waals surface area contributed by atoms with Crippen molar-refractivity contribution in [2.45, 2.75) is 20.4 Å². The number of benzene rings is 1. The summed E-state index contributed by atoms with van der Waals surface area (Å²) in [5, 5.41) is 0. The third-order valence-electron chi connectivity index (χ3n) is 3.71. The van der Waals surface area contributed by atoms with Gasteiger partial charge < -0.3 is 9.64 Å². The zero-order chi connectivity index (χ0) is 14.5. The first-order valence-electron chi connectivity index (χ1n) is 7.35. The molecule has 0 amide bonds. The van der Waals surface area contributed by atoms with E-state index < -0.39 is 0 Å². The highest BCUT2D eigenvalue weighted by atomic mass is 79.9. The minimum atomic E-state index is 0.763. The maximum absolute atomic E-state index is 5.27. The molecule has 3 nitrogen and oxygen atoms in total. The summed E-state index contributed by atoms with van der Waals surface area (Å²) in [5.74, 6) is 1.66. The normalized spacial score (nSPS) is 17.6. The summed E-state index contributed by atoms with van der Waals surface area (Å²) in [5.41, 5.74) is 1.34. The molecule has 0 unspecified atom stereocenters. The van der Waals surface area contributed by atoms with Crippen molar-refractivity contribution in [2.24, 2.45) is 5.92 Å². The maximum atomic E-state index is 5.27. The third-order valence-corrected chi connectivity index (χ3v) is 4.33. The van der Waals surface area contributed by atoms with E-state index in [1.165, 1.54) is 25.2 Å². The Bertz CT molecular complexity index is 428. The summed E-state index contributed by atoms with van der Waals surface area (Å²) in [6.07, 6.45) is 0. The van der Waals surface area contributed by atoms with Crippen LogP contribution in [0.3, 0.4) is 0 Å². The molecule has 2 rings (SSSR count). The molecule has 1 aromatic carbocycles. The van der Waals surface area contributed by atoms with Crippen molar-refractivity contribution in [1.82, 2.24) is 9.80 Å².